The molecule has 6 heteroatoms. The van der Waals surface area contributed by atoms with Gasteiger partial charge in [0.15, 0.2) is 5.78 Å². The molecule has 0 bridgehead atoms. The van der Waals surface area contributed by atoms with Crippen molar-refractivity contribution in [3.8, 4) is 5.75 Å². The van der Waals surface area contributed by atoms with Crippen LogP contribution in [0.2, 0.25) is 0 Å². The van der Waals surface area contributed by atoms with Crippen LogP contribution in [0.4, 0.5) is 0 Å². The molecule has 192 valence electrons. The lowest BCUT2D eigenvalue weighted by atomic mass is 9.43. The maximum Gasteiger partial charge on any atom is 0.252 e. The maximum atomic E-state index is 13.5. The SMILES string of the molecule is CO[C@@H]1C[C@@]23Oc4c(ccc5c4[C@H](C4(O)C=CC=CC4)NC5=O)C[C@]2(C)[C@@H](C)CC[C@H]3C(C)(C)C1=O. The number of carbonyl (C=O) groups is 2. The van der Waals surface area contributed by atoms with Crippen LogP contribution >= 0.6 is 0 Å². The van der Waals surface area contributed by atoms with Gasteiger partial charge >= 0.3 is 0 Å². The zero-order chi connectivity index (χ0) is 25.7. The molecule has 6 nitrogen and oxygen atoms in total. The molecule has 0 saturated heterocycles. The standard InChI is InChI=1S/C30H37NO5/c1-17-9-12-21-27(2,3)25(32)20(35-5)16-30(21)28(17,4)15-18-10-11-19-22(23(18)36-30)24(31-26(19)33)29(34)13-7-6-8-14-29/h6-8,10-11,13,17,20-21,24,34H,9,12,14-16H2,1-5H3,(H,31,33)/t17-,20+,21-,24+,28+,29?,30-/m0/s1. The van der Waals surface area contributed by atoms with Gasteiger partial charge in [-0.1, -0.05) is 58.1 Å². The fraction of sp³-hybridized carbons (Fsp3) is 0.600. The molecule has 1 amide bonds. The molecule has 2 saturated carbocycles. The van der Waals surface area contributed by atoms with Gasteiger partial charge in [-0.2, -0.15) is 0 Å². The molecular formula is C30H37NO5. The molecule has 36 heavy (non-hydrogen) atoms. The van der Waals surface area contributed by atoms with E-state index in [9.17, 15) is 14.7 Å². The second-order valence-corrected chi connectivity index (χ2v) is 12.5. The van der Waals surface area contributed by atoms with E-state index in [0.717, 1.165) is 30.4 Å². The van der Waals surface area contributed by atoms with Crippen LogP contribution in [0.3, 0.4) is 0 Å². The number of carbonyl (C=O) groups excluding carboxylic acids is 2. The number of ether oxygens (including phenoxy) is 2. The summed E-state index contributed by atoms with van der Waals surface area (Å²) in [7, 11) is 1.62. The zero-order valence-electron chi connectivity index (χ0n) is 21.9. The Balaban J connectivity index is 1.56. The second-order valence-electron chi connectivity index (χ2n) is 12.5. The number of hydrogen-bond acceptors (Lipinski definition) is 5. The number of allylic oxidation sites excluding steroid dienone is 2. The minimum absolute atomic E-state index is 0.0261. The lowest BCUT2D eigenvalue weighted by molar-refractivity contribution is -0.226. The molecule has 2 aliphatic heterocycles. The lowest BCUT2D eigenvalue weighted by Gasteiger charge is -2.66. The Morgan fingerprint density at radius 1 is 1.14 bits per heavy atom. The van der Waals surface area contributed by atoms with Crippen LogP contribution in [0, 0.1) is 22.7 Å². The van der Waals surface area contributed by atoms with E-state index in [2.05, 4.69) is 19.2 Å². The molecule has 2 heterocycles. The van der Waals surface area contributed by atoms with Crippen molar-refractivity contribution in [1.29, 1.82) is 0 Å². The number of methoxy groups -OCH3 is 1. The van der Waals surface area contributed by atoms with Gasteiger partial charge in [0.2, 0.25) is 0 Å². The van der Waals surface area contributed by atoms with E-state index in [-0.39, 0.29) is 23.0 Å². The van der Waals surface area contributed by atoms with E-state index in [4.69, 9.17) is 9.47 Å². The van der Waals surface area contributed by atoms with Gasteiger partial charge in [0.25, 0.3) is 5.91 Å². The van der Waals surface area contributed by atoms with Crippen molar-refractivity contribution in [2.45, 2.75) is 83.1 Å². The van der Waals surface area contributed by atoms with Crippen LogP contribution in [0.25, 0.3) is 0 Å². The molecule has 5 aliphatic rings. The van der Waals surface area contributed by atoms with Gasteiger partial charge in [0, 0.05) is 47.8 Å². The van der Waals surface area contributed by atoms with Crippen LogP contribution in [-0.4, -0.2) is 41.2 Å². The van der Waals surface area contributed by atoms with E-state index in [0.29, 0.717) is 30.1 Å². The Hall–Kier alpha value is -2.44. The van der Waals surface area contributed by atoms with Crippen LogP contribution < -0.4 is 10.1 Å². The van der Waals surface area contributed by atoms with E-state index in [1.165, 1.54) is 0 Å². The highest BCUT2D eigenvalue weighted by Crippen LogP contribution is 2.66. The lowest BCUT2D eigenvalue weighted by Crippen LogP contribution is -2.72. The van der Waals surface area contributed by atoms with E-state index in [1.54, 1.807) is 13.2 Å². The number of rotatable bonds is 2. The van der Waals surface area contributed by atoms with Crippen LogP contribution in [0.1, 0.15) is 80.9 Å². The number of benzene rings is 1. The van der Waals surface area contributed by atoms with Gasteiger partial charge in [0.05, 0.1) is 6.04 Å². The van der Waals surface area contributed by atoms with Gasteiger partial charge in [-0.05, 0) is 36.8 Å². The van der Waals surface area contributed by atoms with Crippen molar-refractivity contribution in [3.63, 3.8) is 0 Å². The summed E-state index contributed by atoms with van der Waals surface area (Å²) in [6.45, 7) is 8.73. The third-order valence-corrected chi connectivity index (χ3v) is 10.6. The summed E-state index contributed by atoms with van der Waals surface area (Å²) >= 11 is 0. The Morgan fingerprint density at radius 2 is 1.92 bits per heavy atom. The molecule has 1 aromatic carbocycles. The average molecular weight is 492 g/mol. The van der Waals surface area contributed by atoms with Crippen molar-refractivity contribution in [1.82, 2.24) is 5.32 Å². The smallest absolute Gasteiger partial charge is 0.252 e. The number of hydrogen-bond donors (Lipinski definition) is 2. The highest BCUT2D eigenvalue weighted by Gasteiger charge is 2.70. The van der Waals surface area contributed by atoms with Crippen LogP contribution in [0.5, 0.6) is 5.75 Å². The fourth-order valence-electron chi connectivity index (χ4n) is 8.26. The molecule has 0 aromatic heterocycles. The Kier molecular flexibility index (Phi) is 5.02. The van der Waals surface area contributed by atoms with Gasteiger partial charge < -0.3 is 19.9 Å². The Morgan fingerprint density at radius 3 is 2.61 bits per heavy atom. The van der Waals surface area contributed by atoms with E-state index in [1.807, 2.05) is 44.2 Å². The first kappa shape index (κ1) is 23.9. The van der Waals surface area contributed by atoms with Gasteiger partial charge in [0.1, 0.15) is 23.1 Å². The van der Waals surface area contributed by atoms with Crippen molar-refractivity contribution in [3.05, 3.63) is 53.1 Å². The molecule has 1 aromatic rings. The Labute approximate surface area is 213 Å². The van der Waals surface area contributed by atoms with Crippen molar-refractivity contribution in [2.24, 2.45) is 22.7 Å². The quantitative estimate of drug-likeness (QED) is 0.638. The Bertz CT molecular complexity index is 1220. The number of fused-ring (bicyclic) bond motifs is 3. The minimum atomic E-state index is -1.23. The predicted octanol–water partition coefficient (Wildman–Crippen LogP) is 4.46. The van der Waals surface area contributed by atoms with Crippen molar-refractivity contribution >= 4 is 11.7 Å². The molecule has 7 atom stereocenters. The van der Waals surface area contributed by atoms with Gasteiger partial charge in [-0.25, -0.2) is 0 Å². The first-order valence-electron chi connectivity index (χ1n) is 13.3. The molecular weight excluding hydrogens is 454 g/mol. The predicted molar refractivity (Wildman–Crippen MR) is 136 cm³/mol. The number of nitrogens with one attached hydrogen (secondary N) is 1. The first-order valence-corrected chi connectivity index (χ1v) is 13.3. The molecule has 6 rings (SSSR count). The average Bonchev–Trinajstić information content (AvgIpc) is 3.19. The molecule has 0 radical (unpaired) electrons. The first-order chi connectivity index (χ1) is 17.0. The number of amides is 1. The van der Waals surface area contributed by atoms with Crippen LogP contribution in [0.15, 0.2) is 36.4 Å². The number of Topliss-reactive ketones (excluding diaryl/α,β-unsaturated/α-hetero) is 1. The molecule has 1 spiro atoms. The van der Waals surface area contributed by atoms with Crippen molar-refractivity contribution in [2.75, 3.05) is 7.11 Å². The topological polar surface area (TPSA) is 84.9 Å². The minimum Gasteiger partial charge on any atom is -0.486 e. The molecule has 3 aliphatic carbocycles. The highest BCUT2D eigenvalue weighted by atomic mass is 16.5. The van der Waals surface area contributed by atoms with Crippen molar-refractivity contribution < 1.29 is 24.2 Å². The molecule has 2 fully saturated rings. The normalized spacial score (nSPS) is 42.1. The monoisotopic (exact) mass is 491 g/mol. The zero-order valence-corrected chi connectivity index (χ0v) is 21.9. The van der Waals surface area contributed by atoms with Gasteiger partial charge in [-0.3, -0.25) is 9.59 Å². The third kappa shape index (κ3) is 2.86. The van der Waals surface area contributed by atoms with Gasteiger partial charge in [-0.15, -0.1) is 0 Å². The summed E-state index contributed by atoms with van der Waals surface area (Å²) in [5.41, 5.74) is -0.282. The molecule has 1 unspecified atom stereocenters. The number of aliphatic hydroxyl groups is 1. The molecule has 2 N–H and O–H groups in total. The summed E-state index contributed by atoms with van der Waals surface area (Å²) in [4.78, 5) is 26.6. The summed E-state index contributed by atoms with van der Waals surface area (Å²) in [6, 6.07) is 3.31. The van der Waals surface area contributed by atoms with Crippen LogP contribution in [-0.2, 0) is 16.0 Å². The maximum absolute atomic E-state index is 13.5. The highest BCUT2D eigenvalue weighted by molar-refractivity contribution is 6.00. The largest absolute Gasteiger partial charge is 0.486 e. The second kappa shape index (κ2) is 7.55. The summed E-state index contributed by atoms with van der Waals surface area (Å²) < 4.78 is 13.1. The third-order valence-electron chi connectivity index (χ3n) is 10.6. The summed E-state index contributed by atoms with van der Waals surface area (Å²) in [5, 5.41) is 14.7. The fourth-order valence-corrected chi connectivity index (χ4v) is 8.26. The summed E-state index contributed by atoms with van der Waals surface area (Å²) in [5.74, 6) is 1.09. The number of ketones is 1. The van der Waals surface area contributed by atoms with E-state index >= 15 is 0 Å². The summed E-state index contributed by atoms with van der Waals surface area (Å²) in [6.07, 6.45) is 10.6. The van der Waals surface area contributed by atoms with E-state index < -0.39 is 28.8 Å².